The number of hydrogen-bond acceptors (Lipinski definition) is 4. The zero-order chi connectivity index (χ0) is 38.2. The van der Waals surface area contributed by atoms with Crippen LogP contribution in [0.2, 0.25) is 0 Å². The van der Waals surface area contributed by atoms with Crippen LogP contribution in [0.15, 0.2) is 210 Å². The van der Waals surface area contributed by atoms with Crippen LogP contribution in [0.5, 0.6) is 5.75 Å². The number of para-hydroxylation sites is 1. The van der Waals surface area contributed by atoms with Gasteiger partial charge in [0.05, 0.1) is 10.4 Å². The Kier molecular flexibility index (Phi) is 7.54. The molecule has 2 aliphatic rings. The monoisotopic (exact) mass is 761 g/mol. The van der Waals surface area contributed by atoms with Gasteiger partial charge in [-0.25, -0.2) is 0 Å². The number of thiophene rings is 1. The van der Waals surface area contributed by atoms with E-state index in [0.717, 1.165) is 68.1 Å². The molecular formula is C54H35NO2S. The molecule has 0 radical (unpaired) electrons. The second-order valence-corrected chi connectivity index (χ2v) is 16.2. The van der Waals surface area contributed by atoms with Gasteiger partial charge in [0.25, 0.3) is 0 Å². The molecular weight excluding hydrogens is 727 g/mol. The summed E-state index contributed by atoms with van der Waals surface area (Å²) in [7, 11) is 0. The van der Waals surface area contributed by atoms with Crippen molar-refractivity contribution in [3.8, 4) is 39.1 Å². The average Bonchev–Trinajstić information content (AvgIpc) is 3.98. The first-order valence-corrected chi connectivity index (χ1v) is 20.7. The highest BCUT2D eigenvalue weighted by atomic mass is 32.1. The van der Waals surface area contributed by atoms with Crippen molar-refractivity contribution in [2.45, 2.75) is 12.3 Å². The third kappa shape index (κ3) is 5.26. The smallest absolute Gasteiger partial charge is 0.139 e. The van der Waals surface area contributed by atoms with Crippen LogP contribution in [-0.2, 0) is 0 Å². The van der Waals surface area contributed by atoms with Crippen molar-refractivity contribution in [1.29, 1.82) is 0 Å². The Morgan fingerprint density at radius 3 is 2.02 bits per heavy atom. The summed E-state index contributed by atoms with van der Waals surface area (Å²) in [5.74, 6) is 1.94. The number of hydrogen-bond donors (Lipinski definition) is 0. The Labute approximate surface area is 340 Å². The van der Waals surface area contributed by atoms with Gasteiger partial charge in [-0.15, -0.1) is 11.3 Å². The average molecular weight is 762 g/mol. The lowest BCUT2D eigenvalue weighted by molar-refractivity contribution is 0.425. The molecule has 12 rings (SSSR count). The number of fused-ring (bicyclic) bond motifs is 9. The molecule has 1 atom stereocenters. The molecule has 8 aromatic carbocycles. The van der Waals surface area contributed by atoms with E-state index in [9.17, 15) is 0 Å². The van der Waals surface area contributed by atoms with Crippen molar-refractivity contribution in [2.24, 2.45) is 0 Å². The fraction of sp³-hybridized carbons (Fsp3) is 0.0370. The van der Waals surface area contributed by atoms with E-state index in [1.165, 1.54) is 48.0 Å². The maximum absolute atomic E-state index is 7.19. The lowest BCUT2D eigenvalue weighted by Crippen LogP contribution is -2.19. The quantitative estimate of drug-likeness (QED) is 0.169. The first-order valence-electron chi connectivity index (χ1n) is 19.8. The molecule has 3 heterocycles. The number of ether oxygens (including phenoxy) is 1. The van der Waals surface area contributed by atoms with Gasteiger partial charge in [0.1, 0.15) is 22.7 Å². The summed E-state index contributed by atoms with van der Waals surface area (Å²) in [4.78, 5) is 2.42. The highest BCUT2D eigenvalue weighted by molar-refractivity contribution is 7.26. The molecule has 10 aromatic rings. The Morgan fingerprint density at radius 1 is 0.534 bits per heavy atom. The van der Waals surface area contributed by atoms with E-state index in [0.29, 0.717) is 0 Å². The summed E-state index contributed by atoms with van der Waals surface area (Å²) >= 11 is 1.86. The molecule has 0 fully saturated rings. The standard InChI is InChI=1S/C54H35NO2S/c1-3-13-34(14-4-1)36-25-27-39(28-26-36)55(46-22-12-21-43-42-19-8-10-24-50(42)58-54(43)46)40-29-30-41-45-33-49-52(44-20-7-9-23-47(44)56-49)51(53(45)57-48(41)32-40)38-18-11-17-37(31-38)35-15-5-2-6-16-35/h1-29,31-33,41H,30H2. The van der Waals surface area contributed by atoms with E-state index in [4.69, 9.17) is 9.15 Å². The second-order valence-electron chi connectivity index (χ2n) is 15.2. The molecule has 0 saturated heterocycles. The molecule has 1 aliphatic heterocycles. The second kappa shape index (κ2) is 13.2. The molecule has 1 aliphatic carbocycles. The van der Waals surface area contributed by atoms with Crippen molar-refractivity contribution in [1.82, 2.24) is 0 Å². The van der Waals surface area contributed by atoms with Crippen LogP contribution in [0.1, 0.15) is 17.9 Å². The predicted octanol–water partition coefficient (Wildman–Crippen LogP) is 15.4. The van der Waals surface area contributed by atoms with Crippen molar-refractivity contribution < 1.29 is 9.15 Å². The third-order valence-electron chi connectivity index (χ3n) is 11.8. The van der Waals surface area contributed by atoms with Crippen LogP contribution < -0.4 is 9.64 Å². The van der Waals surface area contributed by atoms with Gasteiger partial charge in [0, 0.05) is 60.8 Å². The molecule has 58 heavy (non-hydrogen) atoms. The Balaban J connectivity index is 1.02. The highest BCUT2D eigenvalue weighted by Gasteiger charge is 2.37. The topological polar surface area (TPSA) is 25.6 Å². The molecule has 0 spiro atoms. The first kappa shape index (κ1) is 33.0. The van der Waals surface area contributed by atoms with E-state index < -0.39 is 0 Å². The van der Waals surface area contributed by atoms with Gasteiger partial charge in [-0.1, -0.05) is 146 Å². The number of benzene rings is 8. The lowest BCUT2D eigenvalue weighted by atomic mass is 9.87. The van der Waals surface area contributed by atoms with Gasteiger partial charge >= 0.3 is 0 Å². The molecule has 0 saturated carbocycles. The number of allylic oxidation sites excluding steroid dienone is 3. The van der Waals surface area contributed by atoms with Gasteiger partial charge in [0.15, 0.2) is 0 Å². The summed E-state index contributed by atoms with van der Waals surface area (Å²) in [5.41, 5.74) is 13.2. The number of furan rings is 1. The number of nitrogens with zero attached hydrogens (tertiary/aromatic N) is 1. The first-order chi connectivity index (χ1) is 28.7. The fourth-order valence-corrected chi connectivity index (χ4v) is 10.3. The SMILES string of the molecule is C1=C2Oc3c(cc4oc5ccccc5c4c3-c3cccc(-c4ccccc4)c3)C2CC=C1N(c1ccc(-c2ccccc2)cc1)c1cccc2c1sc1ccccc12. The third-order valence-corrected chi connectivity index (χ3v) is 13.0. The van der Waals surface area contributed by atoms with Gasteiger partial charge < -0.3 is 14.1 Å². The van der Waals surface area contributed by atoms with E-state index in [1.807, 2.05) is 17.4 Å². The lowest BCUT2D eigenvalue weighted by Gasteiger charge is -2.29. The summed E-state index contributed by atoms with van der Waals surface area (Å²) in [6.45, 7) is 0. The Hall–Kier alpha value is -7.14. The molecule has 0 amide bonds. The fourth-order valence-electron chi connectivity index (χ4n) is 9.10. The molecule has 3 nitrogen and oxygen atoms in total. The van der Waals surface area contributed by atoms with Gasteiger partial charge in [-0.05, 0) is 76.7 Å². The molecule has 1 unspecified atom stereocenters. The van der Waals surface area contributed by atoms with Gasteiger partial charge in [-0.3, -0.25) is 0 Å². The summed E-state index contributed by atoms with van der Waals surface area (Å²) < 4.78 is 16.4. The minimum atomic E-state index is 0.0647. The van der Waals surface area contributed by atoms with Gasteiger partial charge in [0.2, 0.25) is 0 Å². The maximum Gasteiger partial charge on any atom is 0.139 e. The normalized spacial score (nSPS) is 14.7. The summed E-state index contributed by atoms with van der Waals surface area (Å²) in [6.07, 6.45) is 5.46. The Morgan fingerprint density at radius 2 is 1.19 bits per heavy atom. The van der Waals surface area contributed by atoms with Crippen LogP contribution in [0.25, 0.3) is 75.5 Å². The van der Waals surface area contributed by atoms with Crippen molar-refractivity contribution in [2.75, 3.05) is 4.90 Å². The number of anilines is 2. The number of rotatable bonds is 6. The van der Waals surface area contributed by atoms with Crippen LogP contribution in [-0.4, -0.2) is 0 Å². The van der Waals surface area contributed by atoms with Gasteiger partial charge in [-0.2, -0.15) is 0 Å². The summed E-state index contributed by atoms with van der Waals surface area (Å²) in [5, 5.41) is 4.74. The highest BCUT2D eigenvalue weighted by Crippen LogP contribution is 2.55. The van der Waals surface area contributed by atoms with E-state index >= 15 is 0 Å². The zero-order valence-electron chi connectivity index (χ0n) is 31.4. The van der Waals surface area contributed by atoms with Crippen molar-refractivity contribution >= 4 is 64.8 Å². The molecule has 0 bridgehead atoms. The largest absolute Gasteiger partial charge is 0.460 e. The molecule has 0 N–H and O–H groups in total. The molecule has 4 heteroatoms. The van der Waals surface area contributed by atoms with Crippen LogP contribution >= 0.6 is 11.3 Å². The zero-order valence-corrected chi connectivity index (χ0v) is 32.2. The van der Waals surface area contributed by atoms with Crippen LogP contribution in [0.3, 0.4) is 0 Å². The summed E-state index contributed by atoms with van der Waals surface area (Å²) in [6, 6.07) is 65.0. The van der Waals surface area contributed by atoms with Crippen LogP contribution in [0.4, 0.5) is 11.4 Å². The van der Waals surface area contributed by atoms with E-state index in [-0.39, 0.29) is 5.92 Å². The van der Waals surface area contributed by atoms with Crippen molar-refractivity contribution in [3.63, 3.8) is 0 Å². The predicted molar refractivity (Wildman–Crippen MR) is 242 cm³/mol. The molecule has 2 aromatic heterocycles. The molecule has 274 valence electrons. The Bertz CT molecular complexity index is 3280. The van der Waals surface area contributed by atoms with E-state index in [1.54, 1.807) is 0 Å². The maximum atomic E-state index is 7.19. The minimum absolute atomic E-state index is 0.0647. The van der Waals surface area contributed by atoms with Crippen molar-refractivity contribution in [3.05, 3.63) is 211 Å². The van der Waals surface area contributed by atoms with E-state index in [2.05, 4.69) is 193 Å². The minimum Gasteiger partial charge on any atom is -0.460 e. The van der Waals surface area contributed by atoms with Crippen LogP contribution in [0, 0.1) is 0 Å².